The highest BCUT2D eigenvalue weighted by atomic mass is 79.9. The molecule has 0 saturated carbocycles. The summed E-state index contributed by atoms with van der Waals surface area (Å²) in [5.74, 6) is -63.8. The van der Waals surface area contributed by atoms with Crippen molar-refractivity contribution in [2.24, 2.45) is 17.8 Å². The molecule has 0 aliphatic carbocycles. The van der Waals surface area contributed by atoms with Gasteiger partial charge in [0.2, 0.25) is 11.8 Å². The van der Waals surface area contributed by atoms with E-state index in [1.165, 1.54) is 32.9 Å². The molecule has 24 heteroatoms. The first-order chi connectivity index (χ1) is 24.8. The molecule has 2 aliphatic rings. The SMILES string of the molecule is CC(C)C[C@@]1(C(=O)OCCCC(F)(F)C(F)(F)C(F)(F)C(F)(F)C(F)(F)C(F)(F)C(F)(F)C(F)(F)F)N[C@H](c2ccc(Br)cc2)[C@@H]2C(=O)N(C(C)(C)C)C(=O)[C@@H]21. The molecule has 0 aromatic heterocycles. The second-order valence-corrected chi connectivity index (χ2v) is 15.7. The van der Waals surface area contributed by atoms with Gasteiger partial charge in [-0.25, -0.2) is 0 Å². The second kappa shape index (κ2) is 14.4. The lowest BCUT2D eigenvalue weighted by Gasteiger charge is -2.42. The van der Waals surface area contributed by atoms with Gasteiger partial charge in [-0.15, -0.1) is 0 Å². The average Bonchev–Trinajstić information content (AvgIpc) is 3.51. The summed E-state index contributed by atoms with van der Waals surface area (Å²) in [6.07, 6.45) is -12.7. The number of rotatable bonds is 14. The standard InChI is InChI=1S/C32H32BrF17N2O4/c1-14(2)13-24(18-17(20(53)52(21(18)54)23(3,4)5)19(51-24)15-7-9-16(33)10-8-15)22(55)56-12-6-11-25(34,35)26(36,37)27(38,39)28(40,41)29(42,43)30(44,45)31(46,47)32(48,49)50/h7-10,14,17-19,51H,6,11-13H2,1-5H3/t17-,18-,19-,24-/m1/s1. The average molecular weight is 911 g/mol. The summed E-state index contributed by atoms with van der Waals surface area (Å²) in [4.78, 5) is 42.4. The van der Waals surface area contributed by atoms with E-state index in [0.717, 1.165) is 4.90 Å². The Kier molecular flexibility index (Phi) is 12.2. The third-order valence-corrected chi connectivity index (χ3v) is 9.83. The number of fused-ring (bicyclic) bond motifs is 1. The largest absolute Gasteiger partial charge is 0.464 e. The first-order valence-corrected chi connectivity index (χ1v) is 16.9. The maximum Gasteiger partial charge on any atom is 0.460 e. The Balaban J connectivity index is 1.93. The van der Waals surface area contributed by atoms with Crippen molar-refractivity contribution in [2.45, 2.75) is 119 Å². The van der Waals surface area contributed by atoms with E-state index in [4.69, 9.17) is 4.74 Å². The highest BCUT2D eigenvalue weighted by molar-refractivity contribution is 9.10. The van der Waals surface area contributed by atoms with Crippen molar-refractivity contribution in [3.63, 3.8) is 0 Å². The summed E-state index contributed by atoms with van der Waals surface area (Å²) in [6.45, 7) is 6.08. The van der Waals surface area contributed by atoms with Gasteiger partial charge in [0.1, 0.15) is 5.54 Å². The first kappa shape index (κ1) is 47.5. The van der Waals surface area contributed by atoms with Gasteiger partial charge in [-0.2, -0.15) is 74.6 Å². The molecule has 3 rings (SSSR count). The highest BCUT2D eigenvalue weighted by Gasteiger charge is 2.95. The van der Waals surface area contributed by atoms with Gasteiger partial charge >= 0.3 is 53.6 Å². The number of hydrogen-bond acceptors (Lipinski definition) is 5. The Morgan fingerprint density at radius 2 is 1.20 bits per heavy atom. The molecule has 2 fully saturated rings. The van der Waals surface area contributed by atoms with Crippen molar-refractivity contribution in [2.75, 3.05) is 6.61 Å². The molecule has 0 radical (unpaired) electrons. The van der Waals surface area contributed by atoms with Gasteiger partial charge < -0.3 is 4.74 Å². The normalized spacial score (nSPS) is 23.6. The Hall–Kier alpha value is -2.92. The lowest BCUT2D eigenvalue weighted by Crippen LogP contribution is -2.74. The van der Waals surface area contributed by atoms with Crippen LogP contribution in [-0.2, 0) is 19.1 Å². The fraction of sp³-hybridized carbons (Fsp3) is 0.719. The summed E-state index contributed by atoms with van der Waals surface area (Å²) in [7, 11) is 0. The van der Waals surface area contributed by atoms with Crippen LogP contribution in [0.5, 0.6) is 0 Å². The van der Waals surface area contributed by atoms with Crippen LogP contribution in [0.15, 0.2) is 28.7 Å². The number of hydrogen-bond donors (Lipinski definition) is 1. The van der Waals surface area contributed by atoms with Gasteiger partial charge in [-0.3, -0.25) is 24.6 Å². The quantitative estimate of drug-likeness (QED) is 0.0872. The summed E-state index contributed by atoms with van der Waals surface area (Å²) in [5.41, 5.74) is -2.98. The summed E-state index contributed by atoms with van der Waals surface area (Å²) in [6, 6.07) is 5.04. The zero-order valence-corrected chi connectivity index (χ0v) is 30.9. The Morgan fingerprint density at radius 1 is 0.750 bits per heavy atom. The van der Waals surface area contributed by atoms with Crippen molar-refractivity contribution in [3.8, 4) is 0 Å². The van der Waals surface area contributed by atoms with E-state index in [0.29, 0.717) is 10.0 Å². The highest BCUT2D eigenvalue weighted by Crippen LogP contribution is 2.64. The maximum atomic E-state index is 14.5. The molecule has 1 aromatic rings. The number of alkyl halides is 17. The van der Waals surface area contributed by atoms with Crippen molar-refractivity contribution in [1.82, 2.24) is 10.2 Å². The lowest BCUT2D eigenvalue weighted by molar-refractivity contribution is -0.461. The number of ether oxygens (including phenoxy) is 1. The number of carbonyl (C=O) groups is 3. The molecule has 320 valence electrons. The number of halogens is 18. The first-order valence-electron chi connectivity index (χ1n) is 16.1. The number of imide groups is 1. The van der Waals surface area contributed by atoms with Crippen molar-refractivity contribution < 1.29 is 93.8 Å². The number of nitrogens with one attached hydrogen (secondary N) is 1. The van der Waals surface area contributed by atoms with Gasteiger partial charge in [0, 0.05) is 22.5 Å². The lowest BCUT2D eigenvalue weighted by atomic mass is 9.75. The molecule has 2 aliphatic heterocycles. The molecule has 0 unspecified atom stereocenters. The van der Waals surface area contributed by atoms with E-state index >= 15 is 0 Å². The third-order valence-electron chi connectivity index (χ3n) is 9.30. The van der Waals surface area contributed by atoms with Gasteiger partial charge in [-0.05, 0) is 57.2 Å². The molecule has 2 saturated heterocycles. The zero-order chi connectivity index (χ0) is 43.8. The fourth-order valence-electron chi connectivity index (χ4n) is 6.66. The van der Waals surface area contributed by atoms with Crippen LogP contribution in [0.2, 0.25) is 0 Å². The van der Waals surface area contributed by atoms with E-state index < -0.39 is 120 Å². The van der Waals surface area contributed by atoms with Crippen LogP contribution in [0.25, 0.3) is 0 Å². The van der Waals surface area contributed by atoms with Crippen LogP contribution in [0.3, 0.4) is 0 Å². The van der Waals surface area contributed by atoms with Crippen molar-refractivity contribution >= 4 is 33.7 Å². The van der Waals surface area contributed by atoms with Gasteiger partial charge in [0.25, 0.3) is 0 Å². The van der Waals surface area contributed by atoms with Gasteiger partial charge in [0.05, 0.1) is 18.4 Å². The van der Waals surface area contributed by atoms with Crippen LogP contribution in [0.4, 0.5) is 74.6 Å². The summed E-state index contributed by atoms with van der Waals surface area (Å²) in [5, 5.41) is 2.91. The maximum absolute atomic E-state index is 14.5. The Bertz CT molecular complexity index is 1660. The molecule has 4 atom stereocenters. The van der Waals surface area contributed by atoms with Gasteiger partial charge in [-0.1, -0.05) is 41.9 Å². The van der Waals surface area contributed by atoms with Crippen LogP contribution in [0.1, 0.15) is 65.5 Å². The number of carbonyl (C=O) groups excluding carboxylic acids is 3. The Morgan fingerprint density at radius 3 is 1.62 bits per heavy atom. The van der Waals surface area contributed by atoms with E-state index in [-0.39, 0.29) is 6.42 Å². The van der Waals surface area contributed by atoms with Crippen molar-refractivity contribution in [3.05, 3.63) is 34.3 Å². The molecule has 6 nitrogen and oxygen atoms in total. The zero-order valence-electron chi connectivity index (χ0n) is 29.3. The monoisotopic (exact) mass is 910 g/mol. The smallest absolute Gasteiger partial charge is 0.460 e. The van der Waals surface area contributed by atoms with Crippen molar-refractivity contribution in [1.29, 1.82) is 0 Å². The molecule has 1 N–H and O–H groups in total. The molecular formula is C32H32BrF17N2O4. The number of amides is 2. The van der Waals surface area contributed by atoms with Crippen LogP contribution < -0.4 is 5.32 Å². The number of likely N-dealkylation sites (tertiary alicyclic amines) is 1. The van der Waals surface area contributed by atoms with E-state index in [2.05, 4.69) is 21.2 Å². The summed E-state index contributed by atoms with van der Waals surface area (Å²) < 4.78 is 238. The van der Waals surface area contributed by atoms with Crippen LogP contribution >= 0.6 is 15.9 Å². The van der Waals surface area contributed by atoms with Gasteiger partial charge in [0.15, 0.2) is 0 Å². The van der Waals surface area contributed by atoms with Crippen LogP contribution in [0, 0.1) is 17.8 Å². The minimum Gasteiger partial charge on any atom is -0.464 e. The Labute approximate surface area is 314 Å². The third kappa shape index (κ3) is 7.13. The number of esters is 1. The molecule has 1 aromatic carbocycles. The predicted octanol–water partition coefficient (Wildman–Crippen LogP) is 9.61. The van der Waals surface area contributed by atoms with E-state index in [9.17, 15) is 89.0 Å². The minimum atomic E-state index is -8.75. The molecule has 2 amide bonds. The molecular weight excluding hydrogens is 879 g/mol. The van der Waals surface area contributed by atoms with E-state index in [1.54, 1.807) is 26.0 Å². The van der Waals surface area contributed by atoms with Crippen LogP contribution in [-0.4, -0.2) is 88.0 Å². The van der Waals surface area contributed by atoms with E-state index in [1.807, 2.05) is 0 Å². The molecule has 0 spiro atoms. The molecule has 56 heavy (non-hydrogen) atoms. The second-order valence-electron chi connectivity index (χ2n) is 14.8. The molecule has 0 bridgehead atoms. The topological polar surface area (TPSA) is 75.7 Å². The predicted molar refractivity (Wildman–Crippen MR) is 162 cm³/mol. The number of benzene rings is 1. The molecule has 2 heterocycles. The fourth-order valence-corrected chi connectivity index (χ4v) is 6.93. The number of nitrogens with zero attached hydrogens (tertiary/aromatic N) is 1. The minimum absolute atomic E-state index is 0.321. The summed E-state index contributed by atoms with van der Waals surface area (Å²) >= 11 is 3.23.